The topological polar surface area (TPSA) is 40.8 Å². The SMILES string of the molecule is COc1ccc2c(c[n+]3c4c2cc(Cc2ccccc2C)c2c5c(cc(c24)CC3)OCO5)c1OC. The zero-order valence-electron chi connectivity index (χ0n) is 20.1. The highest BCUT2D eigenvalue weighted by Crippen LogP contribution is 2.48. The number of rotatable bonds is 4. The minimum Gasteiger partial charge on any atom is -0.493 e. The summed E-state index contributed by atoms with van der Waals surface area (Å²) in [5.74, 6) is 3.24. The van der Waals surface area contributed by atoms with Gasteiger partial charge in [-0.3, -0.25) is 0 Å². The molecule has 0 amide bonds. The number of pyridine rings is 1. The third-order valence-electron chi connectivity index (χ3n) is 7.59. The molecule has 0 radical (unpaired) electrons. The van der Waals surface area contributed by atoms with Gasteiger partial charge in [0.2, 0.25) is 12.3 Å². The third kappa shape index (κ3) is 2.84. The molecule has 0 aliphatic carbocycles. The Kier molecular flexibility index (Phi) is 4.37. The van der Waals surface area contributed by atoms with Crippen LogP contribution >= 0.6 is 0 Å². The van der Waals surface area contributed by atoms with E-state index in [1.807, 2.05) is 6.07 Å². The molecule has 0 saturated carbocycles. The summed E-state index contributed by atoms with van der Waals surface area (Å²) in [6, 6.07) is 17.3. The van der Waals surface area contributed by atoms with Crippen LogP contribution in [0.4, 0.5) is 0 Å². The number of aryl methyl sites for hydroxylation is 3. The van der Waals surface area contributed by atoms with Crippen molar-refractivity contribution in [2.45, 2.75) is 26.3 Å². The fraction of sp³-hybridized carbons (Fsp3) is 0.233. The van der Waals surface area contributed by atoms with Crippen molar-refractivity contribution in [2.24, 2.45) is 0 Å². The van der Waals surface area contributed by atoms with Crippen LogP contribution in [-0.4, -0.2) is 21.0 Å². The molecule has 3 heterocycles. The summed E-state index contributed by atoms with van der Waals surface area (Å²) < 4.78 is 25.8. The minimum atomic E-state index is 0.268. The summed E-state index contributed by atoms with van der Waals surface area (Å²) >= 11 is 0. The molecule has 7 rings (SSSR count). The molecule has 0 N–H and O–H groups in total. The van der Waals surface area contributed by atoms with E-state index in [1.165, 1.54) is 43.9 Å². The summed E-state index contributed by atoms with van der Waals surface area (Å²) in [7, 11) is 3.39. The maximum absolute atomic E-state index is 6.07. The Morgan fingerprint density at radius 2 is 1.77 bits per heavy atom. The van der Waals surface area contributed by atoms with Crippen molar-refractivity contribution in [3.8, 4) is 23.0 Å². The van der Waals surface area contributed by atoms with Crippen LogP contribution in [0.2, 0.25) is 0 Å². The van der Waals surface area contributed by atoms with Crippen molar-refractivity contribution >= 4 is 32.4 Å². The number of fused-ring (bicyclic) bond motifs is 4. The molecule has 0 fully saturated rings. The van der Waals surface area contributed by atoms with E-state index < -0.39 is 0 Å². The fourth-order valence-electron chi connectivity index (χ4n) is 5.93. The lowest BCUT2D eigenvalue weighted by Crippen LogP contribution is -2.38. The van der Waals surface area contributed by atoms with Gasteiger partial charge in [-0.25, -0.2) is 0 Å². The summed E-state index contributed by atoms with van der Waals surface area (Å²) in [6.45, 7) is 3.34. The van der Waals surface area contributed by atoms with E-state index in [9.17, 15) is 0 Å². The minimum absolute atomic E-state index is 0.268. The van der Waals surface area contributed by atoms with Crippen molar-refractivity contribution < 1.29 is 23.5 Å². The Balaban J connectivity index is 1.65. The molecule has 0 saturated heterocycles. The molecule has 174 valence electrons. The first-order chi connectivity index (χ1) is 17.2. The molecule has 35 heavy (non-hydrogen) atoms. The molecule has 5 aromatic rings. The molecule has 2 aliphatic heterocycles. The van der Waals surface area contributed by atoms with Gasteiger partial charge in [0.05, 0.1) is 30.4 Å². The maximum Gasteiger partial charge on any atom is 0.231 e. The molecular weight excluding hydrogens is 438 g/mol. The van der Waals surface area contributed by atoms with Gasteiger partial charge in [-0.1, -0.05) is 24.3 Å². The smallest absolute Gasteiger partial charge is 0.231 e. The quantitative estimate of drug-likeness (QED) is 0.255. The van der Waals surface area contributed by atoms with Crippen LogP contribution in [0, 0.1) is 6.92 Å². The van der Waals surface area contributed by atoms with Gasteiger partial charge in [-0.2, -0.15) is 4.57 Å². The average molecular weight is 465 g/mol. The normalized spacial score (nSPS) is 13.8. The Labute approximate surface area is 203 Å². The third-order valence-corrected chi connectivity index (χ3v) is 7.59. The van der Waals surface area contributed by atoms with Crippen LogP contribution in [0.15, 0.2) is 54.7 Å². The lowest BCUT2D eigenvalue weighted by molar-refractivity contribution is -0.670. The van der Waals surface area contributed by atoms with Gasteiger partial charge < -0.3 is 18.9 Å². The highest BCUT2D eigenvalue weighted by molar-refractivity contribution is 6.18. The van der Waals surface area contributed by atoms with Gasteiger partial charge in [0, 0.05) is 17.2 Å². The zero-order valence-corrected chi connectivity index (χ0v) is 20.1. The number of hydrogen-bond donors (Lipinski definition) is 0. The highest BCUT2D eigenvalue weighted by atomic mass is 16.7. The van der Waals surface area contributed by atoms with E-state index >= 15 is 0 Å². The lowest BCUT2D eigenvalue weighted by atomic mass is 9.87. The Morgan fingerprint density at radius 1 is 0.886 bits per heavy atom. The van der Waals surface area contributed by atoms with Gasteiger partial charge in [0.15, 0.2) is 35.7 Å². The highest BCUT2D eigenvalue weighted by Gasteiger charge is 2.31. The van der Waals surface area contributed by atoms with Gasteiger partial charge in [0.1, 0.15) is 0 Å². The van der Waals surface area contributed by atoms with E-state index in [2.05, 4.69) is 60.2 Å². The van der Waals surface area contributed by atoms with E-state index in [-0.39, 0.29) is 6.79 Å². The molecule has 4 aromatic carbocycles. The van der Waals surface area contributed by atoms with E-state index in [0.29, 0.717) is 0 Å². The second kappa shape index (κ2) is 7.51. The Hall–Kier alpha value is -3.99. The van der Waals surface area contributed by atoms with Gasteiger partial charge in [-0.15, -0.1) is 0 Å². The standard InChI is InChI=1S/C30H26NO4/c1-17-6-4-5-7-18(17)12-20-13-22-21-8-9-24(32-2)29(33-3)23(21)15-31-11-10-19-14-25-30(35-16-34-25)27(20)26(19)28(22)31/h4-9,13-15H,10-12,16H2,1-3H3/q+1. The summed E-state index contributed by atoms with van der Waals surface area (Å²) in [4.78, 5) is 0. The fourth-order valence-corrected chi connectivity index (χ4v) is 5.93. The molecule has 1 aromatic heterocycles. The Morgan fingerprint density at radius 3 is 2.60 bits per heavy atom. The molecule has 5 heteroatoms. The first kappa shape index (κ1) is 20.4. The van der Waals surface area contributed by atoms with E-state index in [0.717, 1.165) is 53.2 Å². The molecule has 5 nitrogen and oxygen atoms in total. The number of nitrogens with zero attached hydrogens (tertiary/aromatic N) is 1. The first-order valence-electron chi connectivity index (χ1n) is 12.0. The van der Waals surface area contributed by atoms with Gasteiger partial charge in [-0.05, 0) is 59.9 Å². The predicted molar refractivity (Wildman–Crippen MR) is 136 cm³/mol. The maximum atomic E-state index is 6.07. The summed E-state index contributed by atoms with van der Waals surface area (Å²) in [6.07, 6.45) is 3.97. The summed E-state index contributed by atoms with van der Waals surface area (Å²) in [5.41, 5.74) is 6.42. The lowest BCUT2D eigenvalue weighted by Gasteiger charge is -2.20. The first-order valence-corrected chi connectivity index (χ1v) is 12.0. The number of benzene rings is 4. The number of aromatic nitrogens is 1. The monoisotopic (exact) mass is 464 g/mol. The average Bonchev–Trinajstić information content (AvgIpc) is 3.35. The molecule has 0 atom stereocenters. The molecule has 0 bridgehead atoms. The molecule has 0 spiro atoms. The summed E-state index contributed by atoms with van der Waals surface area (Å²) in [5, 5.41) is 5.90. The van der Waals surface area contributed by atoms with Crippen molar-refractivity contribution in [3.63, 3.8) is 0 Å². The second-order valence-electron chi connectivity index (χ2n) is 9.39. The van der Waals surface area contributed by atoms with Crippen LogP contribution in [0.5, 0.6) is 23.0 Å². The van der Waals surface area contributed by atoms with Crippen molar-refractivity contribution in [3.05, 3.63) is 77.0 Å². The molecular formula is C30H26NO4+. The Bertz CT molecular complexity index is 1690. The van der Waals surface area contributed by atoms with Crippen LogP contribution < -0.4 is 23.5 Å². The van der Waals surface area contributed by atoms with Crippen LogP contribution in [0.3, 0.4) is 0 Å². The van der Waals surface area contributed by atoms with Gasteiger partial charge >= 0.3 is 0 Å². The van der Waals surface area contributed by atoms with Crippen LogP contribution in [0.1, 0.15) is 22.3 Å². The second-order valence-corrected chi connectivity index (χ2v) is 9.39. The van der Waals surface area contributed by atoms with E-state index in [1.54, 1.807) is 14.2 Å². The number of hydrogen-bond acceptors (Lipinski definition) is 4. The largest absolute Gasteiger partial charge is 0.493 e. The van der Waals surface area contributed by atoms with Crippen molar-refractivity contribution in [1.82, 2.24) is 0 Å². The van der Waals surface area contributed by atoms with Crippen molar-refractivity contribution in [1.29, 1.82) is 0 Å². The van der Waals surface area contributed by atoms with E-state index in [4.69, 9.17) is 18.9 Å². The van der Waals surface area contributed by atoms with Crippen molar-refractivity contribution in [2.75, 3.05) is 21.0 Å². The molecule has 2 aliphatic rings. The zero-order chi connectivity index (χ0) is 23.7. The number of methoxy groups -OCH3 is 2. The van der Waals surface area contributed by atoms with Crippen LogP contribution in [0.25, 0.3) is 32.4 Å². The predicted octanol–water partition coefficient (Wildman–Crippen LogP) is 5.63. The molecule has 0 unspecified atom stereocenters. The number of ether oxygens (including phenoxy) is 4. The van der Waals surface area contributed by atoms with Gasteiger partial charge in [0.25, 0.3) is 0 Å². The van der Waals surface area contributed by atoms with Crippen LogP contribution in [-0.2, 0) is 19.4 Å².